The summed E-state index contributed by atoms with van der Waals surface area (Å²) in [6.45, 7) is 1.77. The smallest absolute Gasteiger partial charge is 0.135 e. The third kappa shape index (κ3) is 1.11. The summed E-state index contributed by atoms with van der Waals surface area (Å²) in [4.78, 5) is 11.2. The summed E-state index contributed by atoms with van der Waals surface area (Å²) in [5, 5.41) is 0. The first kappa shape index (κ1) is 8.76. The average molecular weight is 154 g/mol. The Labute approximate surface area is 69.2 Å². The zero-order chi connectivity index (χ0) is 7.19. The van der Waals surface area contributed by atoms with Crippen molar-refractivity contribution in [3.8, 4) is 0 Å². The number of carbonyl (C=O) groups excluding carboxylic acids is 1. The first-order valence-corrected chi connectivity index (χ1v) is 4.24. The molecule has 2 aliphatic rings. The highest BCUT2D eigenvalue weighted by molar-refractivity contribution is 5.83. The molecule has 0 amide bonds. The van der Waals surface area contributed by atoms with Crippen molar-refractivity contribution in [1.29, 1.82) is 0 Å². The van der Waals surface area contributed by atoms with Gasteiger partial charge in [-0.25, -0.2) is 0 Å². The lowest BCUT2D eigenvalue weighted by Crippen LogP contribution is -2.23. The summed E-state index contributed by atoms with van der Waals surface area (Å²) in [6.07, 6.45) is 6.22. The third-order valence-electron chi connectivity index (χ3n) is 3.49. The van der Waals surface area contributed by atoms with E-state index in [0.29, 0.717) is 5.78 Å². The minimum Gasteiger partial charge on any atom is -0.299 e. The molecule has 2 bridgehead atoms. The van der Waals surface area contributed by atoms with Gasteiger partial charge in [0, 0.05) is 5.41 Å². The van der Waals surface area contributed by atoms with Crippen LogP contribution in [0.3, 0.4) is 0 Å². The zero-order valence-electron chi connectivity index (χ0n) is 6.52. The zero-order valence-corrected chi connectivity index (χ0v) is 6.52. The van der Waals surface area contributed by atoms with Gasteiger partial charge in [-0.3, -0.25) is 4.79 Å². The van der Waals surface area contributed by atoms with Gasteiger partial charge in [-0.05, 0) is 44.9 Å². The normalized spacial score (nSPS) is 40.3. The van der Waals surface area contributed by atoms with Gasteiger partial charge in [0.2, 0.25) is 0 Å². The molecule has 0 saturated heterocycles. The fourth-order valence-electron chi connectivity index (χ4n) is 2.69. The largest absolute Gasteiger partial charge is 0.299 e. The fraction of sp³-hybridized carbons (Fsp3) is 0.900. The Morgan fingerprint density at radius 1 is 1.36 bits per heavy atom. The number of fused-ring (bicyclic) bond motifs is 2. The Kier molecular flexibility index (Phi) is 2.08. The summed E-state index contributed by atoms with van der Waals surface area (Å²) in [5.41, 5.74) is 0.171. The van der Waals surface area contributed by atoms with E-state index in [1.165, 1.54) is 32.1 Å². The molecule has 0 N–H and O–H groups in total. The summed E-state index contributed by atoms with van der Waals surface area (Å²) >= 11 is 0. The molecule has 11 heavy (non-hydrogen) atoms. The Balaban J connectivity index is 0.000000605. The molecule has 2 fully saturated rings. The van der Waals surface area contributed by atoms with Gasteiger partial charge in [0.1, 0.15) is 5.78 Å². The van der Waals surface area contributed by atoms with Crippen LogP contribution in [-0.2, 0) is 4.79 Å². The molecule has 0 aromatic rings. The molecule has 0 spiro atoms. The second kappa shape index (κ2) is 2.62. The van der Waals surface area contributed by atoms with Gasteiger partial charge < -0.3 is 0 Å². The molecule has 64 valence electrons. The van der Waals surface area contributed by atoms with Crippen molar-refractivity contribution in [2.24, 2.45) is 11.3 Å². The monoisotopic (exact) mass is 154 g/mol. The van der Waals surface area contributed by atoms with Gasteiger partial charge >= 0.3 is 0 Å². The first-order chi connectivity index (χ1) is 4.73. The minimum absolute atomic E-state index is 0. The number of carbonyl (C=O) groups is 1. The predicted octanol–water partition coefficient (Wildman–Crippen LogP) is 2.79. The van der Waals surface area contributed by atoms with E-state index in [9.17, 15) is 4.79 Å². The van der Waals surface area contributed by atoms with Crippen molar-refractivity contribution in [2.45, 2.75) is 46.5 Å². The van der Waals surface area contributed by atoms with Gasteiger partial charge in [0.05, 0.1) is 0 Å². The molecular weight excluding hydrogens is 136 g/mol. The van der Waals surface area contributed by atoms with Crippen LogP contribution in [0, 0.1) is 11.3 Å². The summed E-state index contributed by atoms with van der Waals surface area (Å²) in [7, 11) is 0. The summed E-state index contributed by atoms with van der Waals surface area (Å²) in [6, 6.07) is 0. The Morgan fingerprint density at radius 2 is 1.91 bits per heavy atom. The number of Topliss-reactive ketones (excluding diaryl/α,β-unsaturated/α-hetero) is 1. The van der Waals surface area contributed by atoms with E-state index in [1.54, 1.807) is 6.92 Å². The van der Waals surface area contributed by atoms with Gasteiger partial charge in [0.15, 0.2) is 0 Å². The van der Waals surface area contributed by atoms with Crippen LogP contribution in [0.25, 0.3) is 0 Å². The summed E-state index contributed by atoms with van der Waals surface area (Å²) < 4.78 is 0. The molecule has 0 aliphatic heterocycles. The molecule has 0 heterocycles. The van der Waals surface area contributed by atoms with Crippen LogP contribution in [0.5, 0.6) is 0 Å². The molecule has 0 unspecified atom stereocenters. The van der Waals surface area contributed by atoms with Crippen LogP contribution >= 0.6 is 0 Å². The van der Waals surface area contributed by atoms with Crippen molar-refractivity contribution in [2.75, 3.05) is 0 Å². The molecular formula is C10H18O. The van der Waals surface area contributed by atoms with Crippen LogP contribution in [0.1, 0.15) is 46.5 Å². The number of rotatable bonds is 1. The predicted molar refractivity (Wildman–Crippen MR) is 46.4 cm³/mol. The quantitative estimate of drug-likeness (QED) is 0.567. The molecule has 0 atom stereocenters. The van der Waals surface area contributed by atoms with Crippen molar-refractivity contribution >= 4 is 5.78 Å². The third-order valence-corrected chi connectivity index (χ3v) is 3.49. The molecule has 2 rings (SSSR count). The molecule has 1 nitrogen and oxygen atoms in total. The highest BCUT2D eigenvalue weighted by Gasteiger charge is 2.47. The van der Waals surface area contributed by atoms with Crippen LogP contribution in [0.2, 0.25) is 0 Å². The number of ketones is 1. The van der Waals surface area contributed by atoms with E-state index in [4.69, 9.17) is 0 Å². The van der Waals surface area contributed by atoms with Gasteiger partial charge in [0.25, 0.3) is 0 Å². The Morgan fingerprint density at radius 3 is 2.09 bits per heavy atom. The van der Waals surface area contributed by atoms with Crippen LogP contribution in [0.15, 0.2) is 0 Å². The van der Waals surface area contributed by atoms with Crippen molar-refractivity contribution in [1.82, 2.24) is 0 Å². The molecule has 0 aromatic heterocycles. The van der Waals surface area contributed by atoms with Crippen LogP contribution in [-0.4, -0.2) is 5.78 Å². The number of hydrogen-bond acceptors (Lipinski definition) is 1. The van der Waals surface area contributed by atoms with Gasteiger partial charge in [-0.15, -0.1) is 0 Å². The Bertz CT molecular complexity index is 164. The van der Waals surface area contributed by atoms with Crippen molar-refractivity contribution in [3.63, 3.8) is 0 Å². The highest BCUT2D eigenvalue weighted by Crippen LogP contribution is 2.54. The first-order valence-electron chi connectivity index (χ1n) is 4.24. The van der Waals surface area contributed by atoms with Crippen molar-refractivity contribution < 1.29 is 4.79 Å². The maximum Gasteiger partial charge on any atom is 0.135 e. The SMILES string of the molecule is C.CC(=O)C12CCC(CC1)C2. The van der Waals surface area contributed by atoms with E-state index < -0.39 is 0 Å². The lowest BCUT2D eigenvalue weighted by molar-refractivity contribution is -0.126. The van der Waals surface area contributed by atoms with E-state index in [1.807, 2.05) is 0 Å². The maximum atomic E-state index is 11.2. The lowest BCUT2D eigenvalue weighted by Gasteiger charge is -2.22. The van der Waals surface area contributed by atoms with Crippen LogP contribution < -0.4 is 0 Å². The minimum atomic E-state index is 0. The highest BCUT2D eigenvalue weighted by atomic mass is 16.1. The second-order valence-electron chi connectivity index (χ2n) is 3.98. The molecule has 0 aromatic carbocycles. The average Bonchev–Trinajstić information content (AvgIpc) is 2.45. The molecule has 0 radical (unpaired) electrons. The molecule has 2 aliphatic carbocycles. The second-order valence-corrected chi connectivity index (χ2v) is 3.98. The van der Waals surface area contributed by atoms with Gasteiger partial charge in [-0.2, -0.15) is 0 Å². The summed E-state index contributed by atoms with van der Waals surface area (Å²) in [5.74, 6) is 1.36. The van der Waals surface area contributed by atoms with Gasteiger partial charge in [-0.1, -0.05) is 7.43 Å². The Hall–Kier alpha value is -0.330. The number of hydrogen-bond donors (Lipinski definition) is 0. The van der Waals surface area contributed by atoms with Crippen molar-refractivity contribution in [3.05, 3.63) is 0 Å². The maximum absolute atomic E-state index is 11.2. The van der Waals surface area contributed by atoms with E-state index >= 15 is 0 Å². The molecule has 1 heteroatoms. The van der Waals surface area contributed by atoms with E-state index in [-0.39, 0.29) is 12.8 Å². The topological polar surface area (TPSA) is 17.1 Å². The van der Waals surface area contributed by atoms with E-state index in [2.05, 4.69) is 0 Å². The molecule has 2 saturated carbocycles. The standard InChI is InChI=1S/C9H14O.CH4/c1-7(10)9-4-2-8(6-9)3-5-9;/h8H,2-6H2,1H3;1H4. The fourth-order valence-corrected chi connectivity index (χ4v) is 2.69. The van der Waals surface area contributed by atoms with E-state index in [0.717, 1.165) is 5.92 Å². The lowest BCUT2D eigenvalue weighted by atomic mass is 9.81. The van der Waals surface area contributed by atoms with Crippen LogP contribution in [0.4, 0.5) is 0 Å².